The van der Waals surface area contributed by atoms with E-state index in [0.717, 1.165) is 6.42 Å². The third-order valence-electron chi connectivity index (χ3n) is 2.90. The molecule has 1 atom stereocenters. The summed E-state index contributed by atoms with van der Waals surface area (Å²) in [4.78, 5) is 24.0. The van der Waals surface area contributed by atoms with Gasteiger partial charge in [0.2, 0.25) is 5.91 Å². The predicted molar refractivity (Wildman–Crippen MR) is 75.8 cm³/mol. The normalized spacial score (nSPS) is 12.1. The average Bonchev–Trinajstić information content (AvgIpc) is 2.42. The summed E-state index contributed by atoms with van der Waals surface area (Å²) < 4.78 is 13.5. The lowest BCUT2D eigenvalue weighted by atomic mass is 10.0. The summed E-state index contributed by atoms with van der Waals surface area (Å²) in [5, 5.41) is 5.33. The second-order valence-corrected chi connectivity index (χ2v) is 4.97. The number of nitrogens with one attached hydrogen (secondary N) is 2. The first-order valence-electron chi connectivity index (χ1n) is 6.80. The van der Waals surface area contributed by atoms with Gasteiger partial charge in [0.1, 0.15) is 11.9 Å². The minimum Gasteiger partial charge on any atom is -0.354 e. The Hall–Kier alpha value is -1.91. The number of hydrogen-bond acceptors (Lipinski definition) is 2. The lowest BCUT2D eigenvalue weighted by molar-refractivity contribution is -0.123. The first-order valence-corrected chi connectivity index (χ1v) is 6.80. The van der Waals surface area contributed by atoms with E-state index in [1.54, 1.807) is 6.07 Å². The molecule has 2 N–H and O–H groups in total. The zero-order valence-corrected chi connectivity index (χ0v) is 12.1. The van der Waals surface area contributed by atoms with Crippen LogP contribution in [0.5, 0.6) is 0 Å². The van der Waals surface area contributed by atoms with Crippen LogP contribution in [0.2, 0.25) is 0 Å². The molecule has 0 radical (unpaired) electrons. The Balaban J connectivity index is 2.78. The molecule has 0 spiro atoms. The summed E-state index contributed by atoms with van der Waals surface area (Å²) in [6, 6.07) is 5.04. The molecule has 0 aliphatic carbocycles. The van der Waals surface area contributed by atoms with Crippen LogP contribution in [0.15, 0.2) is 24.3 Å². The molecule has 0 heterocycles. The van der Waals surface area contributed by atoms with Crippen LogP contribution >= 0.6 is 0 Å². The van der Waals surface area contributed by atoms with E-state index in [4.69, 9.17) is 0 Å². The van der Waals surface area contributed by atoms with Crippen molar-refractivity contribution < 1.29 is 14.0 Å². The molecule has 4 nitrogen and oxygen atoms in total. The fourth-order valence-corrected chi connectivity index (χ4v) is 1.76. The van der Waals surface area contributed by atoms with Crippen molar-refractivity contribution in [2.45, 2.75) is 33.2 Å². The maximum Gasteiger partial charge on any atom is 0.254 e. The first kappa shape index (κ1) is 16.1. The zero-order chi connectivity index (χ0) is 15.1. The standard InChI is InChI=1S/C15H21FN2O2/c1-4-9-17-15(20)13(10(2)3)18-14(19)11-7-5-6-8-12(11)16/h5-8,10,13H,4,9H2,1-3H3,(H,17,20)(H,18,19)/t13-/m0/s1. The lowest BCUT2D eigenvalue weighted by Crippen LogP contribution is -2.50. The summed E-state index contributed by atoms with van der Waals surface area (Å²) >= 11 is 0. The molecule has 0 saturated heterocycles. The number of amides is 2. The van der Waals surface area contributed by atoms with Gasteiger partial charge in [-0.15, -0.1) is 0 Å². The molecule has 0 aliphatic heterocycles. The molecule has 20 heavy (non-hydrogen) atoms. The van der Waals surface area contributed by atoms with Gasteiger partial charge in [0.05, 0.1) is 5.56 Å². The van der Waals surface area contributed by atoms with Crippen LogP contribution in [0, 0.1) is 11.7 Å². The quantitative estimate of drug-likeness (QED) is 0.838. The molecule has 5 heteroatoms. The van der Waals surface area contributed by atoms with Crippen molar-refractivity contribution >= 4 is 11.8 Å². The largest absolute Gasteiger partial charge is 0.354 e. The number of rotatable bonds is 6. The van der Waals surface area contributed by atoms with Crippen molar-refractivity contribution in [3.63, 3.8) is 0 Å². The van der Waals surface area contributed by atoms with E-state index in [2.05, 4.69) is 10.6 Å². The van der Waals surface area contributed by atoms with E-state index >= 15 is 0 Å². The molecule has 0 bridgehead atoms. The molecule has 0 aromatic heterocycles. The molecular weight excluding hydrogens is 259 g/mol. The van der Waals surface area contributed by atoms with E-state index in [0.29, 0.717) is 6.54 Å². The van der Waals surface area contributed by atoms with Crippen LogP contribution in [0.4, 0.5) is 4.39 Å². The fraction of sp³-hybridized carbons (Fsp3) is 0.467. The SMILES string of the molecule is CCCNC(=O)[C@@H](NC(=O)c1ccccc1F)C(C)C. The van der Waals surface area contributed by atoms with Crippen LogP contribution in [0.1, 0.15) is 37.6 Å². The van der Waals surface area contributed by atoms with E-state index in [-0.39, 0.29) is 17.4 Å². The van der Waals surface area contributed by atoms with Gasteiger partial charge >= 0.3 is 0 Å². The van der Waals surface area contributed by atoms with Gasteiger partial charge in [0.25, 0.3) is 5.91 Å². The fourth-order valence-electron chi connectivity index (χ4n) is 1.76. The molecule has 1 rings (SSSR count). The summed E-state index contributed by atoms with van der Waals surface area (Å²) in [5.74, 6) is -1.50. The predicted octanol–water partition coefficient (Wildman–Crippen LogP) is 2.11. The Morgan fingerprint density at radius 1 is 1.25 bits per heavy atom. The zero-order valence-electron chi connectivity index (χ0n) is 12.1. The highest BCUT2D eigenvalue weighted by Crippen LogP contribution is 2.08. The summed E-state index contributed by atoms with van der Waals surface area (Å²) in [6.07, 6.45) is 0.817. The molecule has 110 valence electrons. The van der Waals surface area contributed by atoms with E-state index in [1.807, 2.05) is 20.8 Å². The van der Waals surface area contributed by atoms with Crippen molar-refractivity contribution in [3.8, 4) is 0 Å². The number of carbonyl (C=O) groups is 2. The van der Waals surface area contributed by atoms with Gasteiger partial charge in [-0.25, -0.2) is 4.39 Å². The number of carbonyl (C=O) groups excluding carboxylic acids is 2. The Kier molecular flexibility index (Phi) is 6.15. The maximum absolute atomic E-state index is 13.5. The van der Waals surface area contributed by atoms with Crippen LogP contribution in [0.25, 0.3) is 0 Å². The summed E-state index contributed by atoms with van der Waals surface area (Å²) in [6.45, 7) is 6.16. The van der Waals surface area contributed by atoms with Gasteiger partial charge in [0, 0.05) is 6.54 Å². The molecule has 0 unspecified atom stereocenters. The first-order chi connectivity index (χ1) is 9.47. The van der Waals surface area contributed by atoms with E-state index < -0.39 is 17.8 Å². The number of benzene rings is 1. The third-order valence-corrected chi connectivity index (χ3v) is 2.90. The van der Waals surface area contributed by atoms with Crippen molar-refractivity contribution in [1.29, 1.82) is 0 Å². The average molecular weight is 280 g/mol. The number of halogens is 1. The van der Waals surface area contributed by atoms with Crippen molar-refractivity contribution in [2.24, 2.45) is 5.92 Å². The highest BCUT2D eigenvalue weighted by Gasteiger charge is 2.25. The highest BCUT2D eigenvalue weighted by atomic mass is 19.1. The topological polar surface area (TPSA) is 58.2 Å². The molecule has 1 aromatic carbocycles. The number of hydrogen-bond donors (Lipinski definition) is 2. The van der Waals surface area contributed by atoms with Crippen LogP contribution in [0.3, 0.4) is 0 Å². The second-order valence-electron chi connectivity index (χ2n) is 4.97. The van der Waals surface area contributed by atoms with Crippen molar-refractivity contribution in [3.05, 3.63) is 35.6 Å². The van der Waals surface area contributed by atoms with Gasteiger partial charge in [0.15, 0.2) is 0 Å². The van der Waals surface area contributed by atoms with Gasteiger partial charge in [-0.3, -0.25) is 9.59 Å². The molecule has 0 fully saturated rings. The van der Waals surface area contributed by atoms with Gasteiger partial charge < -0.3 is 10.6 Å². The van der Waals surface area contributed by atoms with Crippen LogP contribution in [-0.4, -0.2) is 24.4 Å². The van der Waals surface area contributed by atoms with Gasteiger partial charge in [-0.2, -0.15) is 0 Å². The molecule has 0 aliphatic rings. The summed E-state index contributed by atoms with van der Waals surface area (Å²) in [5.41, 5.74) is -0.0542. The lowest BCUT2D eigenvalue weighted by Gasteiger charge is -2.21. The molecule has 0 saturated carbocycles. The van der Waals surface area contributed by atoms with Crippen LogP contribution in [-0.2, 0) is 4.79 Å². The molecule has 1 aromatic rings. The Labute approximate surface area is 118 Å². The molecule has 2 amide bonds. The minimum absolute atomic E-state index is 0.0542. The Bertz CT molecular complexity index is 475. The smallest absolute Gasteiger partial charge is 0.254 e. The Morgan fingerprint density at radius 3 is 2.45 bits per heavy atom. The minimum atomic E-state index is -0.673. The van der Waals surface area contributed by atoms with Gasteiger partial charge in [-0.05, 0) is 24.5 Å². The summed E-state index contributed by atoms with van der Waals surface area (Å²) in [7, 11) is 0. The second kappa shape index (κ2) is 7.62. The van der Waals surface area contributed by atoms with Gasteiger partial charge in [-0.1, -0.05) is 32.9 Å². The van der Waals surface area contributed by atoms with E-state index in [9.17, 15) is 14.0 Å². The van der Waals surface area contributed by atoms with E-state index in [1.165, 1.54) is 18.2 Å². The third kappa shape index (κ3) is 4.33. The van der Waals surface area contributed by atoms with Crippen LogP contribution < -0.4 is 10.6 Å². The van der Waals surface area contributed by atoms with Crippen molar-refractivity contribution in [1.82, 2.24) is 10.6 Å². The maximum atomic E-state index is 13.5. The monoisotopic (exact) mass is 280 g/mol. The molecular formula is C15H21FN2O2. The Morgan fingerprint density at radius 2 is 1.90 bits per heavy atom. The van der Waals surface area contributed by atoms with Crippen molar-refractivity contribution in [2.75, 3.05) is 6.54 Å². The highest BCUT2D eigenvalue weighted by molar-refractivity contribution is 5.97.